The first-order valence-corrected chi connectivity index (χ1v) is 11.1. The monoisotopic (exact) mass is 457 g/mol. The number of hydrogen-bond donors (Lipinski definition) is 2. The van der Waals surface area contributed by atoms with Crippen molar-refractivity contribution in [2.24, 2.45) is 5.73 Å². The average Bonchev–Trinajstić information content (AvgIpc) is 3.34. The van der Waals surface area contributed by atoms with E-state index in [0.29, 0.717) is 27.6 Å². The number of aromatic nitrogens is 3. The van der Waals surface area contributed by atoms with Crippen LogP contribution in [0.3, 0.4) is 0 Å². The first-order chi connectivity index (χ1) is 16.5. The third kappa shape index (κ3) is 3.22. The molecule has 0 aliphatic carbocycles. The summed E-state index contributed by atoms with van der Waals surface area (Å²) in [7, 11) is 0. The third-order valence-corrected chi connectivity index (χ3v) is 6.36. The first-order valence-electron chi connectivity index (χ1n) is 11.1. The molecule has 0 saturated heterocycles. The minimum Gasteiger partial charge on any atom is -0.370 e. The predicted octanol–water partition coefficient (Wildman–Crippen LogP) is 4.74. The number of imidazole rings is 1. The van der Waals surface area contributed by atoms with Crippen LogP contribution in [0.2, 0.25) is 0 Å². The summed E-state index contributed by atoms with van der Waals surface area (Å²) in [5.41, 5.74) is 10.4. The van der Waals surface area contributed by atoms with Gasteiger partial charge in [0.1, 0.15) is 28.8 Å². The Balaban J connectivity index is 1.60. The van der Waals surface area contributed by atoms with E-state index in [1.807, 2.05) is 22.7 Å². The summed E-state index contributed by atoms with van der Waals surface area (Å²) in [5.74, 6) is -0.466. The molecule has 1 aliphatic rings. The van der Waals surface area contributed by atoms with Crippen molar-refractivity contribution in [2.75, 3.05) is 11.9 Å². The molecule has 2 aromatic carbocycles. The lowest BCUT2D eigenvalue weighted by Crippen LogP contribution is -2.18. The van der Waals surface area contributed by atoms with Crippen LogP contribution in [-0.4, -0.2) is 26.4 Å². The molecule has 0 saturated carbocycles. The Morgan fingerprint density at radius 3 is 2.76 bits per heavy atom. The summed E-state index contributed by atoms with van der Waals surface area (Å²) in [6.45, 7) is 1.10. The van der Waals surface area contributed by atoms with Gasteiger partial charge in [-0.3, -0.25) is 9.20 Å². The van der Waals surface area contributed by atoms with Gasteiger partial charge in [-0.15, -0.1) is 0 Å². The van der Waals surface area contributed by atoms with Crippen LogP contribution in [0.15, 0.2) is 60.8 Å². The van der Waals surface area contributed by atoms with Gasteiger partial charge in [-0.25, -0.2) is 13.8 Å². The maximum absolute atomic E-state index is 14.4. The van der Waals surface area contributed by atoms with Crippen LogP contribution >= 0.6 is 0 Å². The Bertz CT molecular complexity index is 1600. The van der Waals surface area contributed by atoms with Crippen molar-refractivity contribution in [3.63, 3.8) is 0 Å². The molecule has 1 aliphatic heterocycles. The number of carbonyl (C=O) groups is 1. The molecule has 8 heteroatoms. The number of rotatable bonds is 4. The number of primary amides is 1. The predicted molar refractivity (Wildman–Crippen MR) is 127 cm³/mol. The van der Waals surface area contributed by atoms with Gasteiger partial charge in [-0.1, -0.05) is 12.1 Å². The Morgan fingerprint density at radius 2 is 1.94 bits per heavy atom. The minimum atomic E-state index is -0.646. The van der Waals surface area contributed by atoms with E-state index < -0.39 is 11.7 Å². The summed E-state index contributed by atoms with van der Waals surface area (Å²) < 4.78 is 31.9. The molecule has 0 atom stereocenters. The zero-order chi connectivity index (χ0) is 23.4. The molecule has 0 fully saturated rings. The molecule has 0 bridgehead atoms. The van der Waals surface area contributed by atoms with Crippen molar-refractivity contribution < 1.29 is 13.6 Å². The molecule has 1 amide bonds. The molecule has 0 spiro atoms. The van der Waals surface area contributed by atoms with Gasteiger partial charge < -0.3 is 15.6 Å². The summed E-state index contributed by atoms with van der Waals surface area (Å²) >= 11 is 0. The van der Waals surface area contributed by atoms with E-state index in [0.717, 1.165) is 36.5 Å². The zero-order valence-corrected chi connectivity index (χ0v) is 18.2. The van der Waals surface area contributed by atoms with Crippen LogP contribution in [0.25, 0.3) is 27.7 Å². The number of hydrogen-bond acceptors (Lipinski definition) is 3. The number of nitrogens with zero attached hydrogens (tertiary/aromatic N) is 3. The van der Waals surface area contributed by atoms with Gasteiger partial charge in [0, 0.05) is 35.8 Å². The number of pyridine rings is 1. The molecule has 34 heavy (non-hydrogen) atoms. The molecule has 170 valence electrons. The second-order valence-electron chi connectivity index (χ2n) is 8.55. The van der Waals surface area contributed by atoms with E-state index in [-0.39, 0.29) is 18.1 Å². The van der Waals surface area contributed by atoms with Crippen molar-refractivity contribution in [3.05, 3.63) is 89.4 Å². The SMILES string of the molecule is NC(=O)c1c(-c2ccn3c4c(nc3c2)CCCN4)c2cc(F)ccc2n1Cc1cccc(F)c1. The lowest BCUT2D eigenvalue weighted by atomic mass is 10.0. The molecular weight excluding hydrogens is 436 g/mol. The van der Waals surface area contributed by atoms with Crippen LogP contribution in [0.5, 0.6) is 0 Å². The maximum atomic E-state index is 14.4. The van der Waals surface area contributed by atoms with E-state index in [1.54, 1.807) is 22.8 Å². The summed E-state index contributed by atoms with van der Waals surface area (Å²) in [5, 5.41) is 3.95. The molecule has 4 heterocycles. The third-order valence-electron chi connectivity index (χ3n) is 6.36. The van der Waals surface area contributed by atoms with E-state index in [4.69, 9.17) is 10.7 Å². The first kappa shape index (κ1) is 20.4. The highest BCUT2D eigenvalue weighted by atomic mass is 19.1. The van der Waals surface area contributed by atoms with E-state index in [9.17, 15) is 13.6 Å². The van der Waals surface area contributed by atoms with Crippen LogP contribution < -0.4 is 11.1 Å². The highest BCUT2D eigenvalue weighted by molar-refractivity contribution is 6.10. The van der Waals surface area contributed by atoms with Gasteiger partial charge >= 0.3 is 0 Å². The highest BCUT2D eigenvalue weighted by Gasteiger charge is 2.24. The van der Waals surface area contributed by atoms with Crippen LogP contribution in [0.1, 0.15) is 28.2 Å². The molecule has 3 N–H and O–H groups in total. The summed E-state index contributed by atoms with van der Waals surface area (Å²) in [6, 6.07) is 14.3. The number of halogens is 2. The normalized spacial score (nSPS) is 13.2. The van der Waals surface area contributed by atoms with Gasteiger partial charge in [-0.05, 0) is 66.4 Å². The summed E-state index contributed by atoms with van der Waals surface area (Å²) in [6.07, 6.45) is 3.81. The van der Waals surface area contributed by atoms with Gasteiger partial charge in [-0.2, -0.15) is 0 Å². The molecule has 0 unspecified atom stereocenters. The molecule has 3 aromatic heterocycles. The Hall–Kier alpha value is -4.20. The number of aryl methyl sites for hydroxylation is 1. The van der Waals surface area contributed by atoms with Gasteiger partial charge in [0.2, 0.25) is 0 Å². The molecule has 6 nitrogen and oxygen atoms in total. The topological polar surface area (TPSA) is 77.3 Å². The van der Waals surface area contributed by atoms with E-state index >= 15 is 0 Å². The molecule has 6 rings (SSSR count). The fourth-order valence-electron chi connectivity index (χ4n) is 4.93. The van der Waals surface area contributed by atoms with Crippen molar-refractivity contribution in [2.45, 2.75) is 19.4 Å². The highest BCUT2D eigenvalue weighted by Crippen LogP contribution is 2.37. The van der Waals surface area contributed by atoms with Crippen molar-refractivity contribution in [3.8, 4) is 11.1 Å². The van der Waals surface area contributed by atoms with Crippen LogP contribution in [0.4, 0.5) is 14.6 Å². The van der Waals surface area contributed by atoms with Gasteiger partial charge in [0.25, 0.3) is 5.91 Å². The summed E-state index contributed by atoms with van der Waals surface area (Å²) in [4.78, 5) is 17.5. The fraction of sp³-hybridized carbons (Fsp3) is 0.154. The second kappa shape index (κ2) is 7.69. The lowest BCUT2D eigenvalue weighted by molar-refractivity contribution is 0.0993. The van der Waals surface area contributed by atoms with Gasteiger partial charge in [0.15, 0.2) is 0 Å². The number of fused-ring (bicyclic) bond motifs is 4. The maximum Gasteiger partial charge on any atom is 0.266 e. The Labute approximate surface area is 193 Å². The quantitative estimate of drug-likeness (QED) is 0.409. The van der Waals surface area contributed by atoms with Gasteiger partial charge in [0.05, 0.1) is 5.69 Å². The smallest absolute Gasteiger partial charge is 0.266 e. The molecule has 0 radical (unpaired) electrons. The van der Waals surface area contributed by atoms with Crippen molar-refractivity contribution >= 4 is 28.3 Å². The second-order valence-corrected chi connectivity index (χ2v) is 8.55. The van der Waals surface area contributed by atoms with Crippen molar-refractivity contribution in [1.29, 1.82) is 0 Å². The molecular formula is C26H21F2N5O. The van der Waals surface area contributed by atoms with Crippen LogP contribution in [-0.2, 0) is 13.0 Å². The minimum absolute atomic E-state index is 0.210. The number of anilines is 1. The molecule has 5 aromatic rings. The largest absolute Gasteiger partial charge is 0.370 e. The Kier molecular flexibility index (Phi) is 4.62. The van der Waals surface area contributed by atoms with Crippen molar-refractivity contribution in [1.82, 2.24) is 14.0 Å². The number of nitrogens with two attached hydrogens (primary N) is 1. The average molecular weight is 457 g/mol. The standard InChI is InChI=1S/C26H21F2N5O/c27-17-4-1-3-15(11-17)14-33-21-7-6-18(28)13-19(21)23(24(33)25(29)34)16-8-10-32-22(12-16)31-20-5-2-9-30-26(20)32/h1,3-4,6-8,10-13,30H,2,5,9,14H2,(H2,29,34). The van der Waals surface area contributed by atoms with E-state index in [1.165, 1.54) is 24.3 Å². The number of benzene rings is 2. The number of amides is 1. The fourth-order valence-corrected chi connectivity index (χ4v) is 4.93. The number of carbonyl (C=O) groups excluding carboxylic acids is 1. The zero-order valence-electron chi connectivity index (χ0n) is 18.2. The lowest BCUT2D eigenvalue weighted by Gasteiger charge is -2.13. The van der Waals surface area contributed by atoms with Crippen LogP contribution in [0, 0.1) is 11.6 Å². The number of nitrogens with one attached hydrogen (secondary N) is 1. The van der Waals surface area contributed by atoms with E-state index in [2.05, 4.69) is 5.32 Å². The Morgan fingerprint density at radius 1 is 1.09 bits per heavy atom.